The van der Waals surface area contributed by atoms with Gasteiger partial charge in [0, 0.05) is 18.1 Å². The van der Waals surface area contributed by atoms with Gasteiger partial charge in [-0.05, 0) is 25.5 Å². The number of rotatable bonds is 3. The van der Waals surface area contributed by atoms with Crippen LogP contribution in [0.2, 0.25) is 0 Å². The van der Waals surface area contributed by atoms with Gasteiger partial charge in [-0.3, -0.25) is 0 Å². The van der Waals surface area contributed by atoms with Crippen molar-refractivity contribution in [1.29, 1.82) is 0 Å². The van der Waals surface area contributed by atoms with Gasteiger partial charge < -0.3 is 15.2 Å². The van der Waals surface area contributed by atoms with Gasteiger partial charge in [-0.2, -0.15) is 4.98 Å². The van der Waals surface area contributed by atoms with E-state index in [-0.39, 0.29) is 12.1 Å². The minimum absolute atomic E-state index is 0.0369. The predicted molar refractivity (Wildman–Crippen MR) is 76.8 cm³/mol. The maximum atomic E-state index is 5.77. The highest BCUT2D eigenvalue weighted by atomic mass is 16.5. The number of benzene rings is 1. The van der Waals surface area contributed by atoms with Crippen LogP contribution in [0.5, 0.6) is 11.6 Å². The molecule has 0 radical (unpaired) electrons. The van der Waals surface area contributed by atoms with Crippen molar-refractivity contribution in [2.45, 2.75) is 26.4 Å². The molecular formula is C15H17N3O2. The molecule has 0 aliphatic carbocycles. The van der Waals surface area contributed by atoms with Gasteiger partial charge in [-0.25, -0.2) is 4.98 Å². The average molecular weight is 271 g/mol. The summed E-state index contributed by atoms with van der Waals surface area (Å²) in [6, 6.07) is 7.85. The van der Waals surface area contributed by atoms with E-state index in [2.05, 4.69) is 16.0 Å². The van der Waals surface area contributed by atoms with E-state index in [4.69, 9.17) is 15.2 Å². The van der Waals surface area contributed by atoms with Crippen LogP contribution in [0.15, 0.2) is 24.3 Å². The van der Waals surface area contributed by atoms with Crippen molar-refractivity contribution in [2.75, 3.05) is 12.3 Å². The van der Waals surface area contributed by atoms with E-state index in [1.165, 1.54) is 5.56 Å². The highest BCUT2D eigenvalue weighted by Crippen LogP contribution is 2.36. The van der Waals surface area contributed by atoms with Gasteiger partial charge in [-0.1, -0.05) is 12.1 Å². The Kier molecular flexibility index (Phi) is 3.18. The molecule has 0 saturated heterocycles. The monoisotopic (exact) mass is 271 g/mol. The first-order valence-electron chi connectivity index (χ1n) is 6.70. The predicted octanol–water partition coefficient (Wildman–Crippen LogP) is 2.45. The van der Waals surface area contributed by atoms with Crippen LogP contribution in [-0.2, 0) is 6.42 Å². The standard InChI is InChI=1S/C15H17N3O2/c1-9(2)20-13-8-12(17-15(16)18-13)11-5-3-4-10-6-7-19-14(10)11/h3-5,8-9H,6-7H2,1-2H3,(H2,16,17,18). The van der Waals surface area contributed by atoms with Crippen LogP contribution in [0.4, 0.5) is 5.95 Å². The van der Waals surface area contributed by atoms with Gasteiger partial charge >= 0.3 is 0 Å². The Hall–Kier alpha value is -2.30. The highest BCUT2D eigenvalue weighted by molar-refractivity contribution is 5.71. The normalized spacial score (nSPS) is 13.2. The minimum atomic E-state index is 0.0369. The molecule has 0 unspecified atom stereocenters. The number of aromatic nitrogens is 2. The number of hydrogen-bond donors (Lipinski definition) is 1. The second-order valence-electron chi connectivity index (χ2n) is 5.01. The Balaban J connectivity index is 2.06. The Bertz CT molecular complexity index is 641. The Morgan fingerprint density at radius 2 is 2.15 bits per heavy atom. The summed E-state index contributed by atoms with van der Waals surface area (Å²) in [5.74, 6) is 1.58. The van der Waals surface area contributed by atoms with Crippen molar-refractivity contribution in [3.8, 4) is 22.9 Å². The van der Waals surface area contributed by atoms with Gasteiger partial charge in [0.05, 0.1) is 18.4 Å². The van der Waals surface area contributed by atoms with Crippen LogP contribution in [0.1, 0.15) is 19.4 Å². The molecule has 2 heterocycles. The van der Waals surface area contributed by atoms with Gasteiger partial charge in [0.2, 0.25) is 11.8 Å². The lowest BCUT2D eigenvalue weighted by Gasteiger charge is -2.12. The van der Waals surface area contributed by atoms with Crippen LogP contribution in [0, 0.1) is 0 Å². The fraction of sp³-hybridized carbons (Fsp3) is 0.333. The van der Waals surface area contributed by atoms with E-state index in [0.717, 1.165) is 23.4 Å². The van der Waals surface area contributed by atoms with Crippen LogP contribution in [0.3, 0.4) is 0 Å². The second kappa shape index (κ2) is 5.00. The summed E-state index contributed by atoms with van der Waals surface area (Å²) in [6.07, 6.45) is 0.967. The van der Waals surface area contributed by atoms with Crippen molar-refractivity contribution in [2.24, 2.45) is 0 Å². The molecule has 5 heteroatoms. The first-order chi connectivity index (χ1) is 9.63. The van der Waals surface area contributed by atoms with Crippen LogP contribution in [-0.4, -0.2) is 22.7 Å². The fourth-order valence-electron chi connectivity index (χ4n) is 2.30. The van der Waals surface area contributed by atoms with E-state index < -0.39 is 0 Å². The lowest BCUT2D eigenvalue weighted by molar-refractivity contribution is 0.233. The lowest BCUT2D eigenvalue weighted by atomic mass is 10.1. The Labute approximate surface area is 117 Å². The topological polar surface area (TPSA) is 70.3 Å². The third kappa shape index (κ3) is 2.39. The highest BCUT2D eigenvalue weighted by Gasteiger charge is 2.18. The van der Waals surface area contributed by atoms with Gasteiger partial charge in [-0.15, -0.1) is 0 Å². The molecule has 1 aliphatic heterocycles. The molecule has 1 aromatic heterocycles. The van der Waals surface area contributed by atoms with Gasteiger partial charge in [0.15, 0.2) is 0 Å². The second-order valence-corrected chi connectivity index (χ2v) is 5.01. The Morgan fingerprint density at radius 3 is 2.95 bits per heavy atom. The van der Waals surface area contributed by atoms with Crippen molar-refractivity contribution < 1.29 is 9.47 Å². The smallest absolute Gasteiger partial charge is 0.223 e. The molecule has 0 saturated carbocycles. The molecule has 0 fully saturated rings. The number of nitrogens with zero attached hydrogens (tertiary/aromatic N) is 2. The summed E-state index contributed by atoms with van der Waals surface area (Å²) in [4.78, 5) is 8.39. The summed E-state index contributed by atoms with van der Waals surface area (Å²) < 4.78 is 11.3. The SMILES string of the molecule is CC(C)Oc1cc(-c2cccc3c2OCC3)nc(N)n1. The van der Waals surface area contributed by atoms with Crippen LogP contribution >= 0.6 is 0 Å². The minimum Gasteiger partial charge on any atom is -0.492 e. The van der Waals surface area contributed by atoms with E-state index >= 15 is 0 Å². The van der Waals surface area contributed by atoms with Gasteiger partial charge in [0.25, 0.3) is 0 Å². The number of para-hydroxylation sites is 1. The average Bonchev–Trinajstić information content (AvgIpc) is 2.84. The molecule has 0 bridgehead atoms. The van der Waals surface area contributed by atoms with E-state index in [1.54, 1.807) is 6.07 Å². The molecule has 2 aromatic rings. The van der Waals surface area contributed by atoms with E-state index in [9.17, 15) is 0 Å². The van der Waals surface area contributed by atoms with Crippen molar-refractivity contribution in [3.63, 3.8) is 0 Å². The zero-order chi connectivity index (χ0) is 14.1. The number of fused-ring (bicyclic) bond motifs is 1. The first-order valence-corrected chi connectivity index (χ1v) is 6.70. The third-order valence-corrected chi connectivity index (χ3v) is 3.07. The zero-order valence-electron chi connectivity index (χ0n) is 11.6. The quantitative estimate of drug-likeness (QED) is 0.928. The number of anilines is 1. The van der Waals surface area contributed by atoms with Crippen molar-refractivity contribution in [3.05, 3.63) is 29.8 Å². The third-order valence-electron chi connectivity index (χ3n) is 3.07. The van der Waals surface area contributed by atoms with Crippen molar-refractivity contribution in [1.82, 2.24) is 9.97 Å². The lowest BCUT2D eigenvalue weighted by Crippen LogP contribution is -2.09. The molecule has 5 nitrogen and oxygen atoms in total. The molecular weight excluding hydrogens is 254 g/mol. The Morgan fingerprint density at radius 1 is 1.30 bits per heavy atom. The number of nitrogen functional groups attached to an aromatic ring is 1. The molecule has 20 heavy (non-hydrogen) atoms. The molecule has 0 amide bonds. The van der Waals surface area contributed by atoms with Crippen molar-refractivity contribution >= 4 is 5.95 Å². The summed E-state index contributed by atoms with van der Waals surface area (Å²) >= 11 is 0. The molecule has 0 atom stereocenters. The molecule has 1 aromatic carbocycles. The maximum Gasteiger partial charge on any atom is 0.223 e. The number of hydrogen-bond acceptors (Lipinski definition) is 5. The summed E-state index contributed by atoms with van der Waals surface area (Å²) in [6.45, 7) is 4.60. The summed E-state index contributed by atoms with van der Waals surface area (Å²) in [7, 11) is 0. The molecule has 1 aliphatic rings. The molecule has 3 rings (SSSR count). The molecule has 0 spiro atoms. The number of ether oxygens (including phenoxy) is 2. The maximum absolute atomic E-state index is 5.77. The summed E-state index contributed by atoms with van der Waals surface area (Å²) in [5, 5.41) is 0. The van der Waals surface area contributed by atoms with Crippen LogP contribution in [0.25, 0.3) is 11.3 Å². The van der Waals surface area contributed by atoms with Crippen LogP contribution < -0.4 is 15.2 Å². The number of nitrogens with two attached hydrogens (primary N) is 1. The molecule has 2 N–H and O–H groups in total. The largest absolute Gasteiger partial charge is 0.492 e. The summed E-state index contributed by atoms with van der Waals surface area (Å²) in [5.41, 5.74) is 8.64. The first kappa shape index (κ1) is 12.7. The fourth-order valence-corrected chi connectivity index (χ4v) is 2.30. The molecule has 104 valence electrons. The van der Waals surface area contributed by atoms with Gasteiger partial charge in [0.1, 0.15) is 5.75 Å². The zero-order valence-corrected chi connectivity index (χ0v) is 11.6. The van der Waals surface area contributed by atoms with E-state index in [0.29, 0.717) is 12.5 Å². The van der Waals surface area contributed by atoms with E-state index in [1.807, 2.05) is 26.0 Å².